The van der Waals surface area contributed by atoms with Crippen LogP contribution in [0, 0.1) is 6.92 Å². The number of nitrogens with zero attached hydrogens (tertiary/aromatic N) is 2. The third-order valence-corrected chi connectivity index (χ3v) is 4.32. The van der Waals surface area contributed by atoms with Crippen LogP contribution in [0.4, 0.5) is 4.79 Å². The molecule has 2 rings (SSSR count). The number of primary amides is 1. The zero-order chi connectivity index (χ0) is 21.4. The number of phenols is 1. The van der Waals surface area contributed by atoms with E-state index in [0.29, 0.717) is 17.1 Å². The first-order valence-electron chi connectivity index (χ1n) is 8.95. The van der Waals surface area contributed by atoms with Crippen molar-refractivity contribution in [1.82, 2.24) is 9.97 Å². The van der Waals surface area contributed by atoms with E-state index < -0.39 is 12.1 Å². The number of hydrogen-bond donors (Lipinski definition) is 2. The number of aryl methyl sites for hydroxylation is 1. The van der Waals surface area contributed by atoms with Gasteiger partial charge in [-0.15, -0.1) is 0 Å². The van der Waals surface area contributed by atoms with E-state index in [-0.39, 0.29) is 22.1 Å². The van der Waals surface area contributed by atoms with E-state index >= 15 is 0 Å². The number of nitrogens with two attached hydrogens (primary N) is 1. The fourth-order valence-corrected chi connectivity index (χ4v) is 2.90. The number of carbonyl (C=O) groups is 2. The van der Waals surface area contributed by atoms with Crippen LogP contribution in [0.15, 0.2) is 18.3 Å². The maximum absolute atomic E-state index is 12.3. The molecule has 0 saturated heterocycles. The number of benzene rings is 1. The zero-order valence-electron chi connectivity index (χ0n) is 17.4. The molecule has 0 spiro atoms. The van der Waals surface area contributed by atoms with Gasteiger partial charge in [0, 0.05) is 22.9 Å². The largest absolute Gasteiger partial charge is 0.507 e. The normalized spacial score (nSPS) is 12.0. The van der Waals surface area contributed by atoms with Gasteiger partial charge in [0.05, 0.1) is 5.69 Å². The number of aromatic hydroxyl groups is 1. The predicted octanol–water partition coefficient (Wildman–Crippen LogP) is 3.99. The van der Waals surface area contributed by atoms with Crippen LogP contribution in [0.2, 0.25) is 0 Å². The Balaban J connectivity index is 2.83. The van der Waals surface area contributed by atoms with E-state index in [1.165, 1.54) is 6.20 Å². The van der Waals surface area contributed by atoms with E-state index in [4.69, 9.17) is 5.73 Å². The highest BCUT2D eigenvalue weighted by molar-refractivity contribution is 6.00. The summed E-state index contributed by atoms with van der Waals surface area (Å²) >= 11 is 0. The van der Waals surface area contributed by atoms with Gasteiger partial charge in [-0.1, -0.05) is 41.5 Å². The summed E-state index contributed by atoms with van der Waals surface area (Å²) in [6, 6.07) is 3.60. The number of amides is 1. The van der Waals surface area contributed by atoms with Crippen molar-refractivity contribution in [3.63, 3.8) is 0 Å². The SMILES string of the molecule is Cc1ncc(C(=O)OC(N)=O)c(-c2cc(C(C)(C)C)c(O)c(C(C)(C)C)c2)n1. The lowest BCUT2D eigenvalue weighted by molar-refractivity contribution is 0.0638. The van der Waals surface area contributed by atoms with Gasteiger partial charge in [-0.3, -0.25) is 0 Å². The minimum Gasteiger partial charge on any atom is -0.507 e. The van der Waals surface area contributed by atoms with Gasteiger partial charge in [0.1, 0.15) is 17.1 Å². The molecule has 1 aromatic carbocycles. The highest BCUT2D eigenvalue weighted by Gasteiger charge is 2.28. The van der Waals surface area contributed by atoms with Crippen LogP contribution in [-0.4, -0.2) is 27.1 Å². The van der Waals surface area contributed by atoms with Gasteiger partial charge in [-0.2, -0.15) is 0 Å². The molecule has 1 heterocycles. The molecule has 3 N–H and O–H groups in total. The molecular formula is C21H27N3O4. The van der Waals surface area contributed by atoms with Crippen LogP contribution in [0.1, 0.15) is 68.9 Å². The lowest BCUT2D eigenvalue weighted by Gasteiger charge is -2.28. The summed E-state index contributed by atoms with van der Waals surface area (Å²) in [5.41, 5.74) is 6.68. The van der Waals surface area contributed by atoms with Crippen LogP contribution in [0.25, 0.3) is 11.3 Å². The summed E-state index contributed by atoms with van der Waals surface area (Å²) in [6.45, 7) is 13.6. The van der Waals surface area contributed by atoms with Crippen molar-refractivity contribution in [1.29, 1.82) is 0 Å². The monoisotopic (exact) mass is 385 g/mol. The molecule has 0 fully saturated rings. The van der Waals surface area contributed by atoms with E-state index in [1.807, 2.05) is 41.5 Å². The topological polar surface area (TPSA) is 115 Å². The van der Waals surface area contributed by atoms with Crippen LogP contribution in [0.5, 0.6) is 5.75 Å². The molecule has 0 aliphatic rings. The Kier molecular flexibility index (Phi) is 5.50. The van der Waals surface area contributed by atoms with Crippen LogP contribution in [0.3, 0.4) is 0 Å². The van der Waals surface area contributed by atoms with Gasteiger partial charge < -0.3 is 15.6 Å². The second-order valence-corrected chi connectivity index (χ2v) is 8.81. The Labute approximate surface area is 165 Å². The van der Waals surface area contributed by atoms with Crippen LogP contribution in [-0.2, 0) is 15.6 Å². The number of hydrogen-bond acceptors (Lipinski definition) is 6. The zero-order valence-corrected chi connectivity index (χ0v) is 17.4. The van der Waals surface area contributed by atoms with Gasteiger partial charge >= 0.3 is 12.1 Å². The number of esters is 1. The predicted molar refractivity (Wildman–Crippen MR) is 106 cm³/mol. The molecule has 0 atom stereocenters. The van der Waals surface area contributed by atoms with Crippen molar-refractivity contribution in [2.75, 3.05) is 0 Å². The summed E-state index contributed by atoms with van der Waals surface area (Å²) < 4.78 is 4.53. The molecule has 0 aliphatic heterocycles. The van der Waals surface area contributed by atoms with Crippen molar-refractivity contribution in [2.24, 2.45) is 5.73 Å². The molecule has 2 aromatic rings. The molecule has 0 radical (unpaired) electrons. The molecule has 0 aliphatic carbocycles. The van der Waals surface area contributed by atoms with E-state index in [0.717, 1.165) is 11.1 Å². The second-order valence-electron chi connectivity index (χ2n) is 8.81. The first-order chi connectivity index (χ1) is 12.7. The first kappa shape index (κ1) is 21.3. The summed E-state index contributed by atoms with van der Waals surface area (Å²) in [4.78, 5) is 31.8. The third-order valence-electron chi connectivity index (χ3n) is 4.32. The first-order valence-corrected chi connectivity index (χ1v) is 8.95. The third kappa shape index (κ3) is 4.47. The Morgan fingerprint density at radius 2 is 1.54 bits per heavy atom. The molecule has 7 nitrogen and oxygen atoms in total. The molecule has 1 amide bonds. The summed E-state index contributed by atoms with van der Waals surface area (Å²) in [6.07, 6.45) is 0.108. The van der Waals surface area contributed by atoms with E-state index in [9.17, 15) is 14.7 Å². The molecular weight excluding hydrogens is 358 g/mol. The maximum atomic E-state index is 12.3. The smallest absolute Gasteiger partial charge is 0.412 e. The van der Waals surface area contributed by atoms with Gasteiger partial charge in [-0.25, -0.2) is 19.6 Å². The average molecular weight is 385 g/mol. The minimum atomic E-state index is -1.20. The molecule has 7 heteroatoms. The standard InChI is InChI=1S/C21H27N3O4/c1-11-23-10-13(18(26)28-19(22)27)16(24-11)12-8-14(20(2,3)4)17(25)15(9-12)21(5,6)7/h8-10,25H,1-7H3,(H2,22,27). The van der Waals surface area contributed by atoms with Gasteiger partial charge in [0.2, 0.25) is 0 Å². The second kappa shape index (κ2) is 7.22. The minimum absolute atomic E-state index is 0.0230. The van der Waals surface area contributed by atoms with Gasteiger partial charge in [0.15, 0.2) is 0 Å². The summed E-state index contributed by atoms with van der Waals surface area (Å²) in [5.74, 6) is -0.255. The van der Waals surface area contributed by atoms with Crippen molar-refractivity contribution >= 4 is 12.1 Å². The maximum Gasteiger partial charge on any atom is 0.412 e. The van der Waals surface area contributed by atoms with Gasteiger partial charge in [-0.05, 0) is 29.9 Å². The number of aromatic nitrogens is 2. The molecule has 0 saturated carbocycles. The van der Waals surface area contributed by atoms with Crippen molar-refractivity contribution in [2.45, 2.75) is 59.3 Å². The summed E-state index contributed by atoms with van der Waals surface area (Å²) in [5, 5.41) is 10.9. The quantitative estimate of drug-likeness (QED) is 0.596. The fourth-order valence-electron chi connectivity index (χ4n) is 2.90. The van der Waals surface area contributed by atoms with Crippen molar-refractivity contribution in [3.05, 3.63) is 40.8 Å². The Hall–Kier alpha value is -2.96. The molecule has 0 bridgehead atoms. The van der Waals surface area contributed by atoms with Crippen molar-refractivity contribution in [3.8, 4) is 17.0 Å². The van der Waals surface area contributed by atoms with Crippen molar-refractivity contribution < 1.29 is 19.4 Å². The average Bonchev–Trinajstić information content (AvgIpc) is 2.51. The number of ether oxygens (including phenoxy) is 1. The highest BCUT2D eigenvalue weighted by atomic mass is 16.6. The molecule has 1 aromatic heterocycles. The fraction of sp³-hybridized carbons (Fsp3) is 0.429. The number of carbonyl (C=O) groups excluding carboxylic acids is 2. The van der Waals surface area contributed by atoms with E-state index in [1.54, 1.807) is 19.1 Å². The van der Waals surface area contributed by atoms with Gasteiger partial charge in [0.25, 0.3) is 0 Å². The number of rotatable bonds is 2. The molecule has 0 unspecified atom stereocenters. The Morgan fingerprint density at radius 1 is 1.04 bits per heavy atom. The van der Waals surface area contributed by atoms with Crippen LogP contribution < -0.4 is 5.73 Å². The Bertz CT molecular complexity index is 903. The van der Waals surface area contributed by atoms with Crippen LogP contribution >= 0.6 is 0 Å². The Morgan fingerprint density at radius 3 is 1.96 bits per heavy atom. The molecule has 150 valence electrons. The molecule has 28 heavy (non-hydrogen) atoms. The van der Waals surface area contributed by atoms with E-state index in [2.05, 4.69) is 14.7 Å². The summed E-state index contributed by atoms with van der Waals surface area (Å²) in [7, 11) is 0. The highest BCUT2D eigenvalue weighted by Crippen LogP contribution is 2.42. The lowest BCUT2D eigenvalue weighted by Crippen LogP contribution is -2.20. The number of phenolic OH excluding ortho intramolecular Hbond substituents is 1. The lowest BCUT2D eigenvalue weighted by atomic mass is 9.78.